The highest BCUT2D eigenvalue weighted by Crippen LogP contribution is 2.15. The predicted octanol–water partition coefficient (Wildman–Crippen LogP) is -3.88. The van der Waals surface area contributed by atoms with E-state index in [0.29, 0.717) is 17.5 Å². The van der Waals surface area contributed by atoms with Gasteiger partial charge in [-0.2, -0.15) is 0 Å². The van der Waals surface area contributed by atoms with Crippen LogP contribution in [0.3, 0.4) is 0 Å². The van der Waals surface area contributed by atoms with Crippen molar-refractivity contribution in [3.8, 4) is 11.5 Å². The standard InChI is InChI=1S/C50H78N18O11/c1-28(2)25-37(45(77)63-34(8-4-21-59-48(54)55)43(75)65-36(41(51)73)26-29-10-14-31(69)15-11-29)66-44(76)35-9-5-22-60-49(56)68-50(79)61-24-6-23-57-39(71)18-19-40(72)62-33(7-3-20-58-47(52)53)42(74)67-38(46(78)64-35)27-30-12-16-32(70)17-13-30/h10-17,28,33-38,69-70H,3-9,18-27H2,1-2H3,(H2,51,73)(H,57,71)(H,62,72)(H,63,77)(H,64,78)(H,65,75)(H,66,76)(H,67,74)(H4,52,53,58)(H4,54,55,59)(H4,56,60,61,68,79)/t33-,34-,35-,36-,37-,38-/m0/s1. The number of nitrogens with one attached hydrogen (secondary N) is 9. The highest BCUT2D eigenvalue weighted by Gasteiger charge is 2.34. The van der Waals surface area contributed by atoms with Crippen LogP contribution in [0.4, 0.5) is 4.79 Å². The van der Waals surface area contributed by atoms with Gasteiger partial charge in [-0.05, 0) is 92.7 Å². The van der Waals surface area contributed by atoms with Gasteiger partial charge in [0.2, 0.25) is 47.3 Å². The minimum absolute atomic E-state index is 0.0143. The van der Waals surface area contributed by atoms with Crippen molar-refractivity contribution in [2.75, 3.05) is 32.7 Å². The summed E-state index contributed by atoms with van der Waals surface area (Å²) >= 11 is 0. The number of carbonyl (C=O) groups is 9. The molecule has 10 amide bonds. The van der Waals surface area contributed by atoms with E-state index in [1.807, 2.05) is 0 Å². The first-order chi connectivity index (χ1) is 37.5. The van der Waals surface area contributed by atoms with Crippen LogP contribution in [-0.4, -0.2) is 150 Å². The lowest BCUT2D eigenvalue weighted by atomic mass is 10.00. The van der Waals surface area contributed by atoms with Gasteiger partial charge in [0, 0.05) is 58.4 Å². The zero-order chi connectivity index (χ0) is 58.4. The molecule has 3 rings (SSSR count). The number of benzene rings is 2. The van der Waals surface area contributed by atoms with Gasteiger partial charge in [-0.25, -0.2) is 4.79 Å². The highest BCUT2D eigenvalue weighted by atomic mass is 16.3. The van der Waals surface area contributed by atoms with E-state index in [4.69, 9.17) is 34.4 Å². The number of guanidine groups is 3. The zero-order valence-corrected chi connectivity index (χ0v) is 44.6. The molecule has 0 unspecified atom stereocenters. The molecule has 1 aliphatic heterocycles. The number of carbonyl (C=O) groups excluding carboxylic acids is 9. The summed E-state index contributed by atoms with van der Waals surface area (Å²) in [5.74, 6) is -7.27. The summed E-state index contributed by atoms with van der Waals surface area (Å²) < 4.78 is 0. The second-order valence-electron chi connectivity index (χ2n) is 19.1. The van der Waals surface area contributed by atoms with E-state index in [1.165, 1.54) is 36.4 Å². The van der Waals surface area contributed by atoms with Crippen LogP contribution < -0.4 is 82.3 Å². The zero-order valence-electron chi connectivity index (χ0n) is 44.6. The lowest BCUT2D eigenvalue weighted by Gasteiger charge is -2.28. The summed E-state index contributed by atoms with van der Waals surface area (Å²) in [6.45, 7) is 3.89. The summed E-state index contributed by atoms with van der Waals surface area (Å²) in [5, 5.41) is 43.4. The number of phenolic OH excluding ortho intramolecular Hbond substituents is 2. The van der Waals surface area contributed by atoms with Gasteiger partial charge in [-0.1, -0.05) is 38.1 Å². The second-order valence-corrected chi connectivity index (χ2v) is 19.1. The topological polar surface area (TPSA) is 496 Å². The number of urea groups is 1. The van der Waals surface area contributed by atoms with Gasteiger partial charge in [0.05, 0.1) is 0 Å². The number of nitrogens with zero attached hydrogens (tertiary/aromatic N) is 3. The first kappa shape index (κ1) is 64.4. The Bertz CT molecular complexity index is 2460. The van der Waals surface area contributed by atoms with E-state index in [-0.39, 0.29) is 139 Å². The Kier molecular flexibility index (Phi) is 27.7. The third-order valence-corrected chi connectivity index (χ3v) is 11.9. The minimum Gasteiger partial charge on any atom is -0.508 e. The van der Waals surface area contributed by atoms with Gasteiger partial charge in [0.1, 0.15) is 47.8 Å². The van der Waals surface area contributed by atoms with Crippen molar-refractivity contribution >= 4 is 71.2 Å². The Balaban J connectivity index is 2.04. The average Bonchev–Trinajstić information content (AvgIpc) is 3.38. The molecular formula is C50H78N18O11. The summed E-state index contributed by atoms with van der Waals surface area (Å²) in [7, 11) is 0. The number of amides is 10. The quantitative estimate of drug-likeness (QED) is 0.0323. The molecule has 2 aromatic carbocycles. The van der Waals surface area contributed by atoms with Crippen LogP contribution in [0.1, 0.15) is 89.2 Å². The Morgan fingerprint density at radius 3 is 1.87 bits per heavy atom. The number of primary amides is 1. The monoisotopic (exact) mass is 1110 g/mol. The smallest absolute Gasteiger partial charge is 0.321 e. The maximum Gasteiger partial charge on any atom is 0.321 e. The fourth-order valence-corrected chi connectivity index (χ4v) is 7.84. The van der Waals surface area contributed by atoms with Gasteiger partial charge in [-0.15, -0.1) is 0 Å². The molecule has 2 aromatic rings. The summed E-state index contributed by atoms with van der Waals surface area (Å²) in [6.07, 6.45) is -0.317. The first-order valence-electron chi connectivity index (χ1n) is 25.9. The first-order valence-corrected chi connectivity index (χ1v) is 25.9. The van der Waals surface area contributed by atoms with Gasteiger partial charge in [0.15, 0.2) is 17.9 Å². The van der Waals surface area contributed by atoms with E-state index in [0.717, 1.165) is 0 Å². The minimum atomic E-state index is -1.46. The molecule has 0 saturated heterocycles. The molecular weight excluding hydrogens is 1030 g/mol. The lowest BCUT2D eigenvalue weighted by Crippen LogP contribution is -2.60. The molecule has 6 atom stereocenters. The molecule has 1 heterocycles. The Hall–Kier alpha value is -8.92. The van der Waals surface area contributed by atoms with E-state index < -0.39 is 89.5 Å². The maximum absolute atomic E-state index is 14.6. The number of hydrogen-bond donors (Lipinski definition) is 17. The molecule has 0 bridgehead atoms. The maximum atomic E-state index is 14.6. The van der Waals surface area contributed by atoms with Crippen LogP contribution in [0.15, 0.2) is 63.5 Å². The highest BCUT2D eigenvalue weighted by molar-refractivity contribution is 5.98. The Morgan fingerprint density at radius 2 is 1.25 bits per heavy atom. The van der Waals surface area contributed by atoms with Crippen molar-refractivity contribution in [1.29, 1.82) is 0 Å². The lowest BCUT2D eigenvalue weighted by molar-refractivity contribution is -0.135. The molecule has 29 nitrogen and oxygen atoms in total. The van der Waals surface area contributed by atoms with Crippen LogP contribution in [0.25, 0.3) is 0 Å². The van der Waals surface area contributed by atoms with Crippen molar-refractivity contribution in [2.45, 2.75) is 127 Å². The molecule has 0 aliphatic carbocycles. The van der Waals surface area contributed by atoms with Gasteiger partial charge >= 0.3 is 6.03 Å². The normalized spacial score (nSPS) is 18.5. The molecule has 29 heteroatoms. The van der Waals surface area contributed by atoms with Crippen LogP contribution in [0.5, 0.6) is 11.5 Å². The van der Waals surface area contributed by atoms with E-state index >= 15 is 0 Å². The molecule has 434 valence electrons. The Labute approximate surface area is 457 Å². The van der Waals surface area contributed by atoms with Crippen molar-refractivity contribution in [3.63, 3.8) is 0 Å². The molecule has 0 saturated carbocycles. The van der Waals surface area contributed by atoms with Crippen molar-refractivity contribution in [2.24, 2.45) is 55.3 Å². The fourth-order valence-electron chi connectivity index (χ4n) is 7.84. The molecule has 23 N–H and O–H groups in total. The van der Waals surface area contributed by atoms with Crippen molar-refractivity contribution < 1.29 is 53.4 Å². The van der Waals surface area contributed by atoms with Crippen LogP contribution in [-0.2, 0) is 51.2 Å². The molecule has 0 spiro atoms. The fraction of sp³-hybridized carbons (Fsp3) is 0.520. The summed E-state index contributed by atoms with van der Waals surface area (Å²) in [5.41, 5.74) is 34.7. The third-order valence-electron chi connectivity index (χ3n) is 11.9. The number of phenols is 2. The number of aliphatic imine (C=N–C) groups is 3. The second kappa shape index (κ2) is 34.0. The van der Waals surface area contributed by atoms with Crippen LogP contribution >= 0.6 is 0 Å². The molecule has 0 fully saturated rings. The SMILES string of the molecule is CC(C)C[C@H](NC(=O)[C@@H]1CCCN=C(N)NC(=O)NCCCNC(=O)CCC(=O)N[C@@H](CCCN=C(N)N)C(=O)N[C@@H](Cc2ccc(O)cc2)C(=O)N1)C(=O)N[C@@H](CCCN=C(N)N)C(=O)N[C@@H](Cc1ccc(O)cc1)C(N)=O. The van der Waals surface area contributed by atoms with Crippen molar-refractivity contribution in [1.82, 2.24) is 47.9 Å². The van der Waals surface area contributed by atoms with Crippen molar-refractivity contribution in [3.05, 3.63) is 59.7 Å². The molecule has 1 aliphatic rings. The third kappa shape index (κ3) is 26.1. The number of rotatable bonds is 21. The largest absolute Gasteiger partial charge is 0.508 e. The molecule has 0 aromatic heterocycles. The number of nitrogens with two attached hydrogens (primary N) is 6. The van der Waals surface area contributed by atoms with E-state index in [9.17, 15) is 53.4 Å². The van der Waals surface area contributed by atoms with Crippen LogP contribution in [0, 0.1) is 5.92 Å². The van der Waals surface area contributed by atoms with E-state index in [1.54, 1.807) is 26.0 Å². The van der Waals surface area contributed by atoms with Gasteiger partial charge in [0.25, 0.3) is 0 Å². The molecule has 79 heavy (non-hydrogen) atoms. The molecule has 0 radical (unpaired) electrons. The Morgan fingerprint density at radius 1 is 0.684 bits per heavy atom. The van der Waals surface area contributed by atoms with Gasteiger partial charge < -0.3 is 87.1 Å². The summed E-state index contributed by atoms with van der Waals surface area (Å²) in [4.78, 5) is 135. The number of hydrogen-bond acceptors (Lipinski definition) is 15. The predicted molar refractivity (Wildman–Crippen MR) is 293 cm³/mol. The van der Waals surface area contributed by atoms with E-state index in [2.05, 4.69) is 62.8 Å². The summed E-state index contributed by atoms with van der Waals surface area (Å²) in [6, 6.07) is 2.83. The van der Waals surface area contributed by atoms with Crippen LogP contribution in [0.2, 0.25) is 0 Å². The average molecular weight is 1110 g/mol. The van der Waals surface area contributed by atoms with Gasteiger partial charge in [-0.3, -0.25) is 58.7 Å². The number of aromatic hydroxyl groups is 2.